The Hall–Kier alpha value is -2.70. The van der Waals surface area contributed by atoms with Crippen LogP contribution in [0.3, 0.4) is 0 Å². The van der Waals surface area contributed by atoms with Gasteiger partial charge in [-0.1, -0.05) is 0 Å². The molecule has 1 aromatic heterocycles. The number of esters is 1. The molecule has 0 atom stereocenters. The monoisotopic (exact) mass is 303 g/mol. The van der Waals surface area contributed by atoms with Crippen molar-refractivity contribution >= 4 is 28.2 Å². The highest BCUT2D eigenvalue weighted by Crippen LogP contribution is 2.30. The highest BCUT2D eigenvalue weighted by Gasteiger charge is 2.19. The number of benzene rings is 1. The van der Waals surface area contributed by atoms with Gasteiger partial charge in [0.25, 0.3) is 5.69 Å². The van der Waals surface area contributed by atoms with Crippen molar-refractivity contribution in [3.05, 3.63) is 40.1 Å². The topological polar surface area (TPSA) is 94.4 Å². The van der Waals surface area contributed by atoms with Crippen LogP contribution in [0.5, 0.6) is 0 Å². The number of rotatable bonds is 5. The average molecular weight is 303 g/mol. The number of pyridine rings is 1. The van der Waals surface area contributed by atoms with Gasteiger partial charge in [0.15, 0.2) is 0 Å². The lowest BCUT2D eigenvalue weighted by atomic mass is 10.1. The van der Waals surface area contributed by atoms with Crippen molar-refractivity contribution in [1.29, 1.82) is 0 Å². The third-order valence-corrected chi connectivity index (χ3v) is 2.99. The normalized spacial score (nSPS) is 10.7. The number of carbonyl (C=O) groups excluding carboxylic acids is 1. The highest BCUT2D eigenvalue weighted by molar-refractivity contribution is 6.05. The second kappa shape index (κ2) is 6.38. The Labute approximate surface area is 127 Å². The number of hydrogen-bond acceptors (Lipinski definition) is 6. The number of anilines is 1. The summed E-state index contributed by atoms with van der Waals surface area (Å²) in [5.41, 5.74) is 1.29. The largest absolute Gasteiger partial charge is 0.462 e. The number of fused-ring (bicyclic) bond motifs is 1. The predicted molar refractivity (Wildman–Crippen MR) is 83.1 cm³/mol. The number of nitrogens with one attached hydrogen (secondary N) is 1. The van der Waals surface area contributed by atoms with E-state index in [1.54, 1.807) is 13.0 Å². The Balaban J connectivity index is 2.69. The molecule has 2 rings (SSSR count). The van der Waals surface area contributed by atoms with Gasteiger partial charge >= 0.3 is 5.97 Å². The maximum absolute atomic E-state index is 12.1. The van der Waals surface area contributed by atoms with Crippen molar-refractivity contribution in [3.63, 3.8) is 0 Å². The molecule has 0 unspecified atom stereocenters. The lowest BCUT2D eigenvalue weighted by molar-refractivity contribution is -0.384. The molecule has 7 heteroatoms. The van der Waals surface area contributed by atoms with Gasteiger partial charge in [0.2, 0.25) is 0 Å². The van der Waals surface area contributed by atoms with Crippen molar-refractivity contribution in [2.45, 2.75) is 26.8 Å². The zero-order valence-corrected chi connectivity index (χ0v) is 12.6. The molecule has 0 spiro atoms. The van der Waals surface area contributed by atoms with Gasteiger partial charge in [-0.25, -0.2) is 4.79 Å². The minimum absolute atomic E-state index is 0.0399. The molecule has 0 saturated carbocycles. The van der Waals surface area contributed by atoms with E-state index in [1.165, 1.54) is 18.3 Å². The second-order valence-corrected chi connectivity index (χ2v) is 5.02. The summed E-state index contributed by atoms with van der Waals surface area (Å²) in [5, 5.41) is 14.7. The smallest absolute Gasteiger partial charge is 0.341 e. The first-order valence-electron chi connectivity index (χ1n) is 6.94. The third-order valence-electron chi connectivity index (χ3n) is 2.99. The first kappa shape index (κ1) is 15.7. The maximum Gasteiger partial charge on any atom is 0.341 e. The number of carbonyl (C=O) groups is 1. The lowest BCUT2D eigenvalue weighted by Gasteiger charge is -2.16. The SMILES string of the molecule is CCOC(=O)c1cnc2ccc([N+](=O)[O-])cc2c1NC(C)C. The number of non-ortho nitro benzene ring substituents is 1. The van der Waals surface area contributed by atoms with E-state index in [-0.39, 0.29) is 23.9 Å². The number of aromatic nitrogens is 1. The molecule has 0 bridgehead atoms. The van der Waals surface area contributed by atoms with E-state index in [0.29, 0.717) is 16.6 Å². The minimum atomic E-state index is -0.508. The van der Waals surface area contributed by atoms with Crippen LogP contribution in [0.4, 0.5) is 11.4 Å². The van der Waals surface area contributed by atoms with E-state index in [4.69, 9.17) is 4.74 Å². The summed E-state index contributed by atoms with van der Waals surface area (Å²) >= 11 is 0. The van der Waals surface area contributed by atoms with Crippen LogP contribution in [0.25, 0.3) is 10.9 Å². The van der Waals surface area contributed by atoms with Gasteiger partial charge in [-0.15, -0.1) is 0 Å². The molecule has 1 N–H and O–H groups in total. The summed E-state index contributed by atoms with van der Waals surface area (Å²) in [7, 11) is 0. The number of nitro groups is 1. The summed E-state index contributed by atoms with van der Waals surface area (Å²) in [6.45, 7) is 5.79. The van der Waals surface area contributed by atoms with E-state index in [9.17, 15) is 14.9 Å². The van der Waals surface area contributed by atoms with Gasteiger partial charge in [0.05, 0.1) is 22.7 Å². The average Bonchev–Trinajstić information content (AvgIpc) is 2.46. The van der Waals surface area contributed by atoms with Crippen LogP contribution in [-0.2, 0) is 4.74 Å². The van der Waals surface area contributed by atoms with Gasteiger partial charge in [0.1, 0.15) is 5.56 Å². The molecular weight excluding hydrogens is 286 g/mol. The summed E-state index contributed by atoms with van der Waals surface area (Å²) in [5.74, 6) is -0.508. The Morgan fingerprint density at radius 3 is 2.77 bits per heavy atom. The molecule has 2 aromatic rings. The molecule has 0 aliphatic heterocycles. The standard InChI is InChI=1S/C15H17N3O4/c1-4-22-15(19)12-8-16-13-6-5-10(18(20)21)7-11(13)14(12)17-9(2)3/h5-9H,4H2,1-3H3,(H,16,17). The molecule has 0 aliphatic carbocycles. The van der Waals surface area contributed by atoms with Crippen molar-refractivity contribution < 1.29 is 14.5 Å². The maximum atomic E-state index is 12.1. The van der Waals surface area contributed by atoms with Gasteiger partial charge in [0, 0.05) is 29.8 Å². The van der Waals surface area contributed by atoms with Gasteiger partial charge in [-0.3, -0.25) is 15.1 Å². The quantitative estimate of drug-likeness (QED) is 0.518. The number of nitro benzene ring substituents is 1. The fourth-order valence-corrected chi connectivity index (χ4v) is 2.10. The van der Waals surface area contributed by atoms with E-state index >= 15 is 0 Å². The molecule has 1 heterocycles. The van der Waals surface area contributed by atoms with E-state index in [1.807, 2.05) is 13.8 Å². The molecule has 1 aromatic carbocycles. The second-order valence-electron chi connectivity index (χ2n) is 5.02. The fourth-order valence-electron chi connectivity index (χ4n) is 2.10. The zero-order valence-electron chi connectivity index (χ0n) is 12.6. The Bertz CT molecular complexity index is 728. The molecule has 0 radical (unpaired) electrons. The van der Waals surface area contributed by atoms with Crippen LogP contribution in [0.15, 0.2) is 24.4 Å². The summed E-state index contributed by atoms with van der Waals surface area (Å²) in [4.78, 5) is 26.8. The Morgan fingerprint density at radius 1 is 1.45 bits per heavy atom. The van der Waals surface area contributed by atoms with Gasteiger partial charge in [-0.2, -0.15) is 0 Å². The minimum Gasteiger partial charge on any atom is -0.462 e. The van der Waals surface area contributed by atoms with Crippen LogP contribution in [-0.4, -0.2) is 28.5 Å². The number of ether oxygens (including phenoxy) is 1. The summed E-state index contributed by atoms with van der Waals surface area (Å²) in [6.07, 6.45) is 1.43. The lowest BCUT2D eigenvalue weighted by Crippen LogP contribution is -2.16. The number of hydrogen-bond donors (Lipinski definition) is 1. The molecular formula is C15H17N3O4. The van der Waals surface area contributed by atoms with E-state index in [2.05, 4.69) is 10.3 Å². The van der Waals surface area contributed by atoms with Crippen molar-refractivity contribution in [3.8, 4) is 0 Å². The van der Waals surface area contributed by atoms with Gasteiger partial charge in [-0.05, 0) is 26.8 Å². The van der Waals surface area contributed by atoms with Crippen molar-refractivity contribution in [1.82, 2.24) is 4.98 Å². The molecule has 0 saturated heterocycles. The van der Waals surface area contributed by atoms with Crippen molar-refractivity contribution in [2.75, 3.05) is 11.9 Å². The van der Waals surface area contributed by atoms with Crippen LogP contribution in [0.1, 0.15) is 31.1 Å². The van der Waals surface area contributed by atoms with Crippen LogP contribution in [0, 0.1) is 10.1 Å². The third kappa shape index (κ3) is 3.13. The highest BCUT2D eigenvalue weighted by atomic mass is 16.6. The number of nitrogens with zero attached hydrogens (tertiary/aromatic N) is 2. The van der Waals surface area contributed by atoms with Gasteiger partial charge < -0.3 is 10.1 Å². The zero-order chi connectivity index (χ0) is 16.3. The fraction of sp³-hybridized carbons (Fsp3) is 0.333. The van der Waals surface area contributed by atoms with Crippen LogP contribution >= 0.6 is 0 Å². The van der Waals surface area contributed by atoms with Crippen LogP contribution in [0.2, 0.25) is 0 Å². The first-order chi connectivity index (χ1) is 10.4. The van der Waals surface area contributed by atoms with Crippen LogP contribution < -0.4 is 5.32 Å². The molecule has 0 fully saturated rings. The summed E-state index contributed by atoms with van der Waals surface area (Å²) in [6, 6.07) is 4.40. The summed E-state index contributed by atoms with van der Waals surface area (Å²) < 4.78 is 5.02. The Kier molecular flexibility index (Phi) is 4.55. The molecule has 0 aliphatic rings. The van der Waals surface area contributed by atoms with E-state index < -0.39 is 10.9 Å². The molecule has 0 amide bonds. The molecule has 7 nitrogen and oxygen atoms in total. The van der Waals surface area contributed by atoms with E-state index in [0.717, 1.165) is 0 Å². The molecule has 116 valence electrons. The molecule has 22 heavy (non-hydrogen) atoms. The van der Waals surface area contributed by atoms with Crippen molar-refractivity contribution in [2.24, 2.45) is 0 Å². The first-order valence-corrected chi connectivity index (χ1v) is 6.94. The predicted octanol–water partition coefficient (Wildman–Crippen LogP) is 3.14. The Morgan fingerprint density at radius 2 is 2.18 bits per heavy atom.